The number of hydrogen-bond donors (Lipinski definition) is 1. The normalized spacial score (nSPS) is 13.0. The van der Waals surface area contributed by atoms with Gasteiger partial charge >= 0.3 is 0 Å². The van der Waals surface area contributed by atoms with Gasteiger partial charge in [0.2, 0.25) is 0 Å². The van der Waals surface area contributed by atoms with Gasteiger partial charge in [0.05, 0.1) is 0 Å². The molecule has 1 aromatic carbocycles. The van der Waals surface area contributed by atoms with Gasteiger partial charge in [0.15, 0.2) is 11.6 Å². The van der Waals surface area contributed by atoms with Crippen molar-refractivity contribution in [1.82, 2.24) is 0 Å². The Morgan fingerprint density at radius 1 is 0.875 bits per heavy atom. The second-order valence-corrected chi connectivity index (χ2v) is 5.76. The lowest BCUT2D eigenvalue weighted by Gasteiger charge is -2.24. The molecule has 0 aliphatic heterocycles. The van der Waals surface area contributed by atoms with Crippen molar-refractivity contribution in [3.05, 3.63) is 34.9 Å². The third-order valence-electron chi connectivity index (χ3n) is 2.58. The summed E-state index contributed by atoms with van der Waals surface area (Å²) in [5.74, 6) is -1.62. The zero-order valence-electron chi connectivity index (χ0n) is 10.5. The van der Waals surface area contributed by atoms with E-state index in [1.54, 1.807) is 26.0 Å². The van der Waals surface area contributed by atoms with E-state index in [0.717, 1.165) is 0 Å². The van der Waals surface area contributed by atoms with Crippen molar-refractivity contribution in [2.24, 2.45) is 5.73 Å². The summed E-state index contributed by atoms with van der Waals surface area (Å²) in [6, 6.07) is 3.18. The maximum atomic E-state index is 13.9. The first-order valence-corrected chi connectivity index (χ1v) is 5.33. The van der Waals surface area contributed by atoms with E-state index in [0.29, 0.717) is 5.56 Å². The third-order valence-corrected chi connectivity index (χ3v) is 2.58. The molecule has 0 fully saturated rings. The minimum Gasteiger partial charge on any atom is -0.322 e. The van der Waals surface area contributed by atoms with Crippen LogP contribution in [0.1, 0.15) is 45.7 Å². The second kappa shape index (κ2) is 3.81. The van der Waals surface area contributed by atoms with E-state index in [1.807, 2.05) is 20.8 Å². The number of halogens is 2. The Labute approximate surface area is 95.7 Å². The van der Waals surface area contributed by atoms with Crippen LogP contribution in [0.25, 0.3) is 0 Å². The lowest BCUT2D eigenvalue weighted by molar-refractivity contribution is 0.432. The third kappa shape index (κ3) is 2.40. The minimum absolute atomic E-state index is 0.206. The number of nitrogens with two attached hydrogens (primary N) is 1. The molecule has 3 heteroatoms. The molecule has 1 rings (SSSR count). The molecule has 0 atom stereocenters. The Balaban J connectivity index is 3.41. The summed E-state index contributed by atoms with van der Waals surface area (Å²) in [5.41, 5.74) is 5.07. The van der Waals surface area contributed by atoms with Crippen molar-refractivity contribution in [3.8, 4) is 0 Å². The highest BCUT2D eigenvalue weighted by Gasteiger charge is 2.27. The number of hydrogen-bond acceptors (Lipinski definition) is 1. The van der Waals surface area contributed by atoms with Crippen LogP contribution in [0.15, 0.2) is 12.1 Å². The zero-order valence-corrected chi connectivity index (χ0v) is 10.5. The first-order chi connectivity index (χ1) is 7.05. The molecular weight excluding hydrogens is 208 g/mol. The van der Waals surface area contributed by atoms with Crippen molar-refractivity contribution in [2.75, 3.05) is 0 Å². The summed E-state index contributed by atoms with van der Waals surface area (Å²) in [5, 5.41) is 0. The molecule has 0 unspecified atom stereocenters. The van der Waals surface area contributed by atoms with Gasteiger partial charge in [-0.05, 0) is 24.8 Å². The van der Waals surface area contributed by atoms with Crippen molar-refractivity contribution < 1.29 is 8.78 Å². The van der Waals surface area contributed by atoms with E-state index in [2.05, 4.69) is 0 Å². The van der Waals surface area contributed by atoms with Gasteiger partial charge in [-0.25, -0.2) is 8.78 Å². The maximum absolute atomic E-state index is 13.9. The summed E-state index contributed by atoms with van der Waals surface area (Å²) in [7, 11) is 0. The molecule has 90 valence electrons. The topological polar surface area (TPSA) is 26.0 Å². The van der Waals surface area contributed by atoms with Gasteiger partial charge in [-0.2, -0.15) is 0 Å². The maximum Gasteiger partial charge on any atom is 0.164 e. The highest BCUT2D eigenvalue weighted by atomic mass is 19.2. The molecule has 16 heavy (non-hydrogen) atoms. The van der Waals surface area contributed by atoms with Crippen molar-refractivity contribution in [2.45, 2.75) is 45.6 Å². The molecule has 0 saturated heterocycles. The lowest BCUT2D eigenvalue weighted by atomic mass is 9.84. The highest BCUT2D eigenvalue weighted by Crippen LogP contribution is 2.30. The second-order valence-electron chi connectivity index (χ2n) is 5.76. The Morgan fingerprint density at radius 2 is 1.25 bits per heavy atom. The van der Waals surface area contributed by atoms with Crippen LogP contribution in [0.3, 0.4) is 0 Å². The van der Waals surface area contributed by atoms with Crippen molar-refractivity contribution in [1.29, 1.82) is 0 Å². The van der Waals surface area contributed by atoms with Crippen LogP contribution in [0.5, 0.6) is 0 Å². The van der Waals surface area contributed by atoms with Gasteiger partial charge < -0.3 is 5.73 Å². The fourth-order valence-corrected chi connectivity index (χ4v) is 1.63. The van der Waals surface area contributed by atoms with Gasteiger partial charge in [0, 0.05) is 11.1 Å². The smallest absolute Gasteiger partial charge is 0.164 e. The zero-order chi connectivity index (χ0) is 12.7. The van der Waals surface area contributed by atoms with E-state index in [-0.39, 0.29) is 5.56 Å². The fourth-order valence-electron chi connectivity index (χ4n) is 1.63. The van der Waals surface area contributed by atoms with E-state index in [1.165, 1.54) is 0 Å². The summed E-state index contributed by atoms with van der Waals surface area (Å²) < 4.78 is 27.7. The predicted molar refractivity (Wildman–Crippen MR) is 62.3 cm³/mol. The molecule has 0 heterocycles. The standard InChI is InChI=1S/C13H19F2N/c1-12(2,3)8-6-7-9(13(4,5)16)11(15)10(8)14/h6-7H,16H2,1-5H3. The van der Waals surface area contributed by atoms with E-state index in [9.17, 15) is 8.78 Å². The Kier molecular flexibility index (Phi) is 3.12. The minimum atomic E-state index is -0.874. The molecule has 0 aromatic heterocycles. The molecule has 1 nitrogen and oxygen atoms in total. The van der Waals surface area contributed by atoms with Gasteiger partial charge in [0.25, 0.3) is 0 Å². The first-order valence-electron chi connectivity index (χ1n) is 5.33. The molecule has 0 amide bonds. The van der Waals surface area contributed by atoms with Gasteiger partial charge in [0.1, 0.15) is 0 Å². The largest absolute Gasteiger partial charge is 0.322 e. The van der Waals surface area contributed by atoms with Crippen LogP contribution in [-0.2, 0) is 11.0 Å². The fraction of sp³-hybridized carbons (Fsp3) is 0.538. The highest BCUT2D eigenvalue weighted by molar-refractivity contribution is 5.34. The summed E-state index contributed by atoms with van der Waals surface area (Å²) in [6.07, 6.45) is 0. The monoisotopic (exact) mass is 227 g/mol. The number of rotatable bonds is 1. The first kappa shape index (κ1) is 13.1. The van der Waals surface area contributed by atoms with Crippen molar-refractivity contribution >= 4 is 0 Å². The van der Waals surface area contributed by atoms with Crippen LogP contribution < -0.4 is 5.73 Å². The van der Waals surface area contributed by atoms with Crippen LogP contribution in [0.4, 0.5) is 8.78 Å². The summed E-state index contributed by atoms with van der Waals surface area (Å²) in [6.45, 7) is 8.84. The average Bonchev–Trinajstić information content (AvgIpc) is 2.05. The Hall–Kier alpha value is -0.960. The molecule has 0 aliphatic rings. The van der Waals surface area contributed by atoms with Crippen LogP contribution in [-0.4, -0.2) is 0 Å². The Morgan fingerprint density at radius 3 is 1.62 bits per heavy atom. The van der Waals surface area contributed by atoms with Crippen LogP contribution >= 0.6 is 0 Å². The van der Waals surface area contributed by atoms with Crippen LogP contribution in [0.2, 0.25) is 0 Å². The molecule has 0 radical (unpaired) electrons. The molecule has 0 bridgehead atoms. The summed E-state index contributed by atoms with van der Waals surface area (Å²) >= 11 is 0. The molecular formula is C13H19F2N. The predicted octanol–water partition coefficient (Wildman–Crippen LogP) is 3.46. The molecule has 0 aliphatic carbocycles. The summed E-state index contributed by atoms with van der Waals surface area (Å²) in [4.78, 5) is 0. The lowest BCUT2D eigenvalue weighted by Crippen LogP contribution is -2.31. The average molecular weight is 227 g/mol. The SMILES string of the molecule is CC(C)(C)c1ccc(C(C)(C)N)c(F)c1F. The van der Waals surface area contributed by atoms with E-state index >= 15 is 0 Å². The van der Waals surface area contributed by atoms with Gasteiger partial charge in [-0.1, -0.05) is 32.9 Å². The van der Waals surface area contributed by atoms with Gasteiger partial charge in [-0.3, -0.25) is 0 Å². The molecule has 1 aromatic rings. The molecule has 0 spiro atoms. The van der Waals surface area contributed by atoms with E-state index < -0.39 is 22.6 Å². The van der Waals surface area contributed by atoms with Gasteiger partial charge in [-0.15, -0.1) is 0 Å². The molecule has 0 saturated carbocycles. The Bertz CT molecular complexity index is 359. The van der Waals surface area contributed by atoms with E-state index in [4.69, 9.17) is 5.73 Å². The van der Waals surface area contributed by atoms with Crippen LogP contribution in [0, 0.1) is 11.6 Å². The van der Waals surface area contributed by atoms with Crippen molar-refractivity contribution in [3.63, 3.8) is 0 Å². The number of benzene rings is 1. The quantitative estimate of drug-likeness (QED) is 0.781. The molecule has 2 N–H and O–H groups in total.